The predicted octanol–water partition coefficient (Wildman–Crippen LogP) is 2.43. The van der Waals surface area contributed by atoms with Gasteiger partial charge >= 0.3 is 5.97 Å². The van der Waals surface area contributed by atoms with Gasteiger partial charge in [-0.05, 0) is 38.4 Å². The van der Waals surface area contributed by atoms with Gasteiger partial charge in [0.2, 0.25) is 0 Å². The van der Waals surface area contributed by atoms with Crippen molar-refractivity contribution in [2.75, 3.05) is 18.9 Å². The Morgan fingerprint density at radius 1 is 1.37 bits per heavy atom. The van der Waals surface area contributed by atoms with Crippen molar-refractivity contribution in [1.29, 1.82) is 0 Å². The van der Waals surface area contributed by atoms with Crippen LogP contribution in [0.2, 0.25) is 0 Å². The summed E-state index contributed by atoms with van der Waals surface area (Å²) in [6.45, 7) is 7.72. The number of anilines is 1. The van der Waals surface area contributed by atoms with Crippen LogP contribution in [0.3, 0.4) is 0 Å². The molecule has 19 heavy (non-hydrogen) atoms. The minimum absolute atomic E-state index is 0.176. The van der Waals surface area contributed by atoms with Gasteiger partial charge in [-0.2, -0.15) is 0 Å². The summed E-state index contributed by atoms with van der Waals surface area (Å²) in [5, 5.41) is 0. The number of nitrogens with zero attached hydrogens (tertiary/aromatic N) is 1. The van der Waals surface area contributed by atoms with Gasteiger partial charge in [-0.1, -0.05) is 25.1 Å². The Labute approximate surface area is 115 Å². The van der Waals surface area contributed by atoms with Gasteiger partial charge in [0.05, 0.1) is 6.61 Å². The van der Waals surface area contributed by atoms with Crippen molar-refractivity contribution < 1.29 is 9.53 Å². The molecule has 0 radical (unpaired) electrons. The van der Waals surface area contributed by atoms with Crippen molar-refractivity contribution in [3.8, 4) is 0 Å². The zero-order valence-corrected chi connectivity index (χ0v) is 12.1. The fourth-order valence-corrected chi connectivity index (χ4v) is 2.01. The number of hydrogen-bond acceptors (Lipinski definition) is 4. The van der Waals surface area contributed by atoms with Crippen LogP contribution in [0.25, 0.3) is 0 Å². The van der Waals surface area contributed by atoms with Gasteiger partial charge in [-0.15, -0.1) is 0 Å². The molecule has 0 aliphatic carbocycles. The lowest BCUT2D eigenvalue weighted by atomic mass is 10.1. The maximum absolute atomic E-state index is 11.8. The van der Waals surface area contributed by atoms with Crippen LogP contribution >= 0.6 is 0 Å². The highest BCUT2D eigenvalue weighted by molar-refractivity contribution is 5.75. The van der Waals surface area contributed by atoms with E-state index in [2.05, 4.69) is 11.8 Å². The number of para-hydroxylation sites is 1. The van der Waals surface area contributed by atoms with Crippen molar-refractivity contribution in [3.63, 3.8) is 0 Å². The Morgan fingerprint density at radius 2 is 2.05 bits per heavy atom. The summed E-state index contributed by atoms with van der Waals surface area (Å²) in [6.07, 6.45) is 0.983. The number of carbonyl (C=O) groups excluding carboxylic acids is 1. The van der Waals surface area contributed by atoms with Gasteiger partial charge in [-0.3, -0.25) is 9.69 Å². The molecule has 106 valence electrons. The SMILES string of the molecule is CCCN(Cc1ccccc1N)C(C)C(=O)OCC. The third kappa shape index (κ3) is 4.56. The number of esters is 1. The first kappa shape index (κ1) is 15.5. The van der Waals surface area contributed by atoms with Crippen LogP contribution in [0.15, 0.2) is 24.3 Å². The second-order valence-electron chi connectivity index (χ2n) is 4.60. The van der Waals surface area contributed by atoms with Gasteiger partial charge in [0.15, 0.2) is 0 Å². The molecule has 0 amide bonds. The minimum atomic E-state index is -0.250. The third-order valence-electron chi connectivity index (χ3n) is 3.11. The number of hydrogen-bond donors (Lipinski definition) is 1. The smallest absolute Gasteiger partial charge is 0.323 e. The molecule has 1 aromatic carbocycles. The average Bonchev–Trinajstić information content (AvgIpc) is 2.40. The summed E-state index contributed by atoms with van der Waals surface area (Å²) >= 11 is 0. The maximum atomic E-state index is 11.8. The van der Waals surface area contributed by atoms with Crippen LogP contribution in [0.1, 0.15) is 32.8 Å². The van der Waals surface area contributed by atoms with Crippen molar-refractivity contribution in [1.82, 2.24) is 4.90 Å². The van der Waals surface area contributed by atoms with E-state index in [0.29, 0.717) is 13.2 Å². The number of nitrogen functional groups attached to an aromatic ring is 1. The first-order valence-electron chi connectivity index (χ1n) is 6.84. The molecule has 0 aromatic heterocycles. The van der Waals surface area contributed by atoms with Crippen molar-refractivity contribution in [2.45, 2.75) is 39.8 Å². The highest BCUT2D eigenvalue weighted by atomic mass is 16.5. The molecule has 0 aliphatic heterocycles. The van der Waals surface area contributed by atoms with E-state index in [0.717, 1.165) is 24.2 Å². The number of rotatable bonds is 7. The topological polar surface area (TPSA) is 55.6 Å². The number of carbonyl (C=O) groups is 1. The maximum Gasteiger partial charge on any atom is 0.323 e. The Kier molecular flexibility index (Phi) is 6.36. The van der Waals surface area contributed by atoms with Crippen LogP contribution in [-0.2, 0) is 16.1 Å². The Bertz CT molecular complexity index is 407. The van der Waals surface area contributed by atoms with Gasteiger partial charge in [0.25, 0.3) is 0 Å². The Balaban J connectivity index is 2.77. The van der Waals surface area contributed by atoms with E-state index in [9.17, 15) is 4.79 Å². The van der Waals surface area contributed by atoms with E-state index in [1.165, 1.54) is 0 Å². The van der Waals surface area contributed by atoms with Crippen molar-refractivity contribution in [3.05, 3.63) is 29.8 Å². The molecule has 4 nitrogen and oxygen atoms in total. The van der Waals surface area contributed by atoms with E-state index in [4.69, 9.17) is 10.5 Å². The normalized spacial score (nSPS) is 12.4. The molecule has 0 aliphatic rings. The molecule has 0 saturated carbocycles. The highest BCUT2D eigenvalue weighted by Gasteiger charge is 2.22. The first-order chi connectivity index (χ1) is 9.10. The molecule has 1 aromatic rings. The van der Waals surface area contributed by atoms with Crippen molar-refractivity contribution >= 4 is 11.7 Å². The van der Waals surface area contributed by atoms with Gasteiger partial charge in [-0.25, -0.2) is 0 Å². The summed E-state index contributed by atoms with van der Waals surface area (Å²) in [7, 11) is 0. The molecule has 2 N–H and O–H groups in total. The molecule has 1 rings (SSSR count). The Morgan fingerprint density at radius 3 is 2.63 bits per heavy atom. The molecule has 1 unspecified atom stereocenters. The summed E-state index contributed by atoms with van der Waals surface area (Å²) in [5.74, 6) is -0.176. The third-order valence-corrected chi connectivity index (χ3v) is 3.11. The number of ether oxygens (including phenoxy) is 1. The molecule has 4 heteroatoms. The molecule has 0 heterocycles. The minimum Gasteiger partial charge on any atom is -0.465 e. The standard InChI is InChI=1S/C15H24N2O2/c1-4-10-17(12(3)15(18)19-5-2)11-13-8-6-7-9-14(13)16/h6-9,12H,4-5,10-11,16H2,1-3H3. The molecule has 0 bridgehead atoms. The predicted molar refractivity (Wildman–Crippen MR) is 77.7 cm³/mol. The molecular formula is C15H24N2O2. The van der Waals surface area contributed by atoms with E-state index in [-0.39, 0.29) is 12.0 Å². The fraction of sp³-hybridized carbons (Fsp3) is 0.533. The number of nitrogens with two attached hydrogens (primary N) is 1. The summed E-state index contributed by atoms with van der Waals surface area (Å²) < 4.78 is 5.09. The van der Waals surface area contributed by atoms with Gasteiger partial charge in [0.1, 0.15) is 6.04 Å². The van der Waals surface area contributed by atoms with E-state index >= 15 is 0 Å². The molecule has 0 fully saturated rings. The van der Waals surface area contributed by atoms with Crippen LogP contribution in [0.5, 0.6) is 0 Å². The second kappa shape index (κ2) is 7.79. The summed E-state index contributed by atoms with van der Waals surface area (Å²) in [4.78, 5) is 13.9. The largest absolute Gasteiger partial charge is 0.465 e. The van der Waals surface area contributed by atoms with Crippen LogP contribution < -0.4 is 5.73 Å². The zero-order valence-electron chi connectivity index (χ0n) is 12.1. The number of benzene rings is 1. The van der Waals surface area contributed by atoms with Gasteiger partial charge in [0, 0.05) is 12.2 Å². The summed E-state index contributed by atoms with van der Waals surface area (Å²) in [6, 6.07) is 7.51. The molecule has 0 saturated heterocycles. The summed E-state index contributed by atoms with van der Waals surface area (Å²) in [5.41, 5.74) is 7.77. The molecular weight excluding hydrogens is 240 g/mol. The van der Waals surface area contributed by atoms with Crippen LogP contribution in [0.4, 0.5) is 5.69 Å². The van der Waals surface area contributed by atoms with Crippen molar-refractivity contribution in [2.24, 2.45) is 0 Å². The zero-order chi connectivity index (χ0) is 14.3. The van der Waals surface area contributed by atoms with Gasteiger partial charge < -0.3 is 10.5 Å². The highest BCUT2D eigenvalue weighted by Crippen LogP contribution is 2.16. The van der Waals surface area contributed by atoms with E-state index < -0.39 is 0 Å². The molecule has 1 atom stereocenters. The van der Waals surface area contributed by atoms with Crippen LogP contribution in [-0.4, -0.2) is 30.1 Å². The van der Waals surface area contributed by atoms with E-state index in [1.807, 2.05) is 38.1 Å². The second-order valence-corrected chi connectivity index (χ2v) is 4.60. The lowest BCUT2D eigenvalue weighted by Crippen LogP contribution is -2.40. The Hall–Kier alpha value is -1.55. The monoisotopic (exact) mass is 264 g/mol. The first-order valence-corrected chi connectivity index (χ1v) is 6.84. The lowest BCUT2D eigenvalue weighted by Gasteiger charge is -2.27. The molecule has 0 spiro atoms. The average molecular weight is 264 g/mol. The fourth-order valence-electron chi connectivity index (χ4n) is 2.01. The van der Waals surface area contributed by atoms with Crippen LogP contribution in [0, 0.1) is 0 Å². The lowest BCUT2D eigenvalue weighted by molar-refractivity contribution is -0.149. The van der Waals surface area contributed by atoms with E-state index in [1.54, 1.807) is 0 Å². The quantitative estimate of drug-likeness (QED) is 0.607.